The molecule has 3 heteroatoms. The summed E-state index contributed by atoms with van der Waals surface area (Å²) in [6.45, 7) is 4.39. The van der Waals surface area contributed by atoms with E-state index in [4.69, 9.17) is 16.3 Å². The Balaban J connectivity index is 2.21. The van der Waals surface area contributed by atoms with Gasteiger partial charge in [0.05, 0.1) is 12.1 Å². The highest BCUT2D eigenvalue weighted by molar-refractivity contribution is 6.32. The van der Waals surface area contributed by atoms with Crippen molar-refractivity contribution in [3.8, 4) is 5.75 Å². The molecule has 2 aromatic carbocycles. The van der Waals surface area contributed by atoms with Crippen LogP contribution in [0, 0.1) is 5.92 Å². The van der Waals surface area contributed by atoms with Gasteiger partial charge in [0.2, 0.25) is 0 Å². The van der Waals surface area contributed by atoms with Crippen LogP contribution < -0.4 is 4.74 Å². The molecule has 1 atom stereocenters. The largest absolute Gasteiger partial charge is 0.495 e. The summed E-state index contributed by atoms with van der Waals surface area (Å²) in [5.74, 6) is 1.20. The molecule has 1 N–H and O–H groups in total. The number of aliphatic hydroxyl groups excluding tert-OH is 1. The predicted molar refractivity (Wildman–Crippen MR) is 87.0 cm³/mol. The van der Waals surface area contributed by atoms with E-state index in [1.54, 1.807) is 19.2 Å². The summed E-state index contributed by atoms with van der Waals surface area (Å²) in [5.41, 5.74) is 2.93. The molecule has 0 radical (unpaired) electrons. The second-order valence-corrected chi connectivity index (χ2v) is 6.04. The molecule has 1 unspecified atom stereocenters. The zero-order chi connectivity index (χ0) is 15.4. The minimum atomic E-state index is -0.677. The van der Waals surface area contributed by atoms with Crippen molar-refractivity contribution in [3.63, 3.8) is 0 Å². The Bertz CT molecular complexity index is 591. The number of hydrogen-bond acceptors (Lipinski definition) is 2. The molecule has 0 saturated carbocycles. The van der Waals surface area contributed by atoms with Crippen LogP contribution in [-0.2, 0) is 6.42 Å². The zero-order valence-electron chi connectivity index (χ0n) is 12.6. The number of halogens is 1. The van der Waals surface area contributed by atoms with Gasteiger partial charge in [-0.25, -0.2) is 0 Å². The van der Waals surface area contributed by atoms with E-state index in [1.165, 1.54) is 5.56 Å². The smallest absolute Gasteiger partial charge is 0.137 e. The Hall–Kier alpha value is -1.51. The molecule has 2 rings (SSSR count). The summed E-state index contributed by atoms with van der Waals surface area (Å²) in [6, 6.07) is 13.4. The van der Waals surface area contributed by atoms with Crippen LogP contribution in [0.15, 0.2) is 42.5 Å². The molecular weight excluding hydrogens is 284 g/mol. The van der Waals surface area contributed by atoms with Crippen molar-refractivity contribution in [1.82, 2.24) is 0 Å². The first-order valence-corrected chi connectivity index (χ1v) is 7.49. The molecule has 0 spiro atoms. The number of rotatable bonds is 5. The van der Waals surface area contributed by atoms with Gasteiger partial charge in [0.1, 0.15) is 11.9 Å². The summed E-state index contributed by atoms with van der Waals surface area (Å²) in [6.07, 6.45) is 0.370. The van der Waals surface area contributed by atoms with E-state index in [0.29, 0.717) is 16.7 Å². The van der Waals surface area contributed by atoms with Crippen LogP contribution in [0.3, 0.4) is 0 Å². The number of aliphatic hydroxyl groups is 1. The zero-order valence-corrected chi connectivity index (χ0v) is 13.4. The molecule has 0 aliphatic heterocycles. The van der Waals surface area contributed by atoms with E-state index in [0.717, 1.165) is 17.5 Å². The molecule has 0 aromatic heterocycles. The van der Waals surface area contributed by atoms with Crippen molar-refractivity contribution in [2.75, 3.05) is 7.11 Å². The molecule has 0 aliphatic carbocycles. The Labute approximate surface area is 131 Å². The topological polar surface area (TPSA) is 29.5 Å². The number of hydrogen-bond donors (Lipinski definition) is 1. The standard InChI is InChI=1S/C18H21ClO2/c1-12(2)10-13-4-6-14(7-5-13)18(20)15-8-9-16(19)17(11-15)21-3/h4-9,11-12,18,20H,10H2,1-3H3. The lowest BCUT2D eigenvalue weighted by Crippen LogP contribution is -2.01. The lowest BCUT2D eigenvalue weighted by molar-refractivity contribution is 0.220. The number of ether oxygens (including phenoxy) is 1. The van der Waals surface area contributed by atoms with Gasteiger partial charge in [0.15, 0.2) is 0 Å². The molecule has 0 aliphatic rings. The second kappa shape index (κ2) is 6.97. The predicted octanol–water partition coefficient (Wildman–Crippen LogP) is 4.63. The van der Waals surface area contributed by atoms with Crippen LogP contribution in [0.2, 0.25) is 5.02 Å². The fourth-order valence-electron chi connectivity index (χ4n) is 2.35. The summed E-state index contributed by atoms with van der Waals surface area (Å²) in [7, 11) is 1.57. The second-order valence-electron chi connectivity index (χ2n) is 5.64. The maximum Gasteiger partial charge on any atom is 0.137 e. The van der Waals surface area contributed by atoms with Crippen LogP contribution in [-0.4, -0.2) is 12.2 Å². The summed E-state index contributed by atoms with van der Waals surface area (Å²) < 4.78 is 5.19. The SMILES string of the molecule is COc1cc(C(O)c2ccc(CC(C)C)cc2)ccc1Cl. The van der Waals surface area contributed by atoms with E-state index in [1.807, 2.05) is 18.2 Å². The molecule has 0 amide bonds. The van der Waals surface area contributed by atoms with Crippen molar-refractivity contribution in [2.45, 2.75) is 26.4 Å². The minimum absolute atomic E-state index is 0.542. The van der Waals surface area contributed by atoms with E-state index in [9.17, 15) is 5.11 Å². The summed E-state index contributed by atoms with van der Waals surface area (Å²) in [5, 5.41) is 11.0. The van der Waals surface area contributed by atoms with E-state index >= 15 is 0 Å². The molecule has 0 bridgehead atoms. The van der Waals surface area contributed by atoms with Gasteiger partial charge in [-0.15, -0.1) is 0 Å². The molecular formula is C18H21ClO2. The van der Waals surface area contributed by atoms with Crippen LogP contribution in [0.4, 0.5) is 0 Å². The van der Waals surface area contributed by atoms with Crippen molar-refractivity contribution in [2.24, 2.45) is 5.92 Å². The van der Waals surface area contributed by atoms with E-state index in [2.05, 4.69) is 26.0 Å². The normalized spacial score (nSPS) is 12.5. The first-order valence-electron chi connectivity index (χ1n) is 7.11. The molecule has 0 fully saturated rings. The third kappa shape index (κ3) is 3.99. The Morgan fingerprint density at radius 2 is 1.67 bits per heavy atom. The highest BCUT2D eigenvalue weighted by atomic mass is 35.5. The Kier molecular flexibility index (Phi) is 5.27. The van der Waals surface area contributed by atoms with Crippen molar-refractivity contribution in [1.29, 1.82) is 0 Å². The molecule has 21 heavy (non-hydrogen) atoms. The van der Waals surface area contributed by atoms with Crippen molar-refractivity contribution < 1.29 is 9.84 Å². The Morgan fingerprint density at radius 3 is 2.24 bits per heavy atom. The molecule has 2 aromatic rings. The Morgan fingerprint density at radius 1 is 1.05 bits per heavy atom. The number of methoxy groups -OCH3 is 1. The van der Waals surface area contributed by atoms with Gasteiger partial charge in [0, 0.05) is 0 Å². The minimum Gasteiger partial charge on any atom is -0.495 e. The van der Waals surface area contributed by atoms with Crippen LogP contribution in [0.5, 0.6) is 5.75 Å². The van der Waals surface area contributed by atoms with Gasteiger partial charge in [-0.05, 0) is 41.2 Å². The van der Waals surface area contributed by atoms with Gasteiger partial charge < -0.3 is 9.84 Å². The average molecular weight is 305 g/mol. The lowest BCUT2D eigenvalue weighted by atomic mass is 9.97. The van der Waals surface area contributed by atoms with Crippen molar-refractivity contribution >= 4 is 11.6 Å². The van der Waals surface area contributed by atoms with Gasteiger partial charge in [-0.3, -0.25) is 0 Å². The van der Waals surface area contributed by atoms with Gasteiger partial charge in [-0.1, -0.05) is 55.8 Å². The first kappa shape index (κ1) is 15.9. The van der Waals surface area contributed by atoms with E-state index in [-0.39, 0.29) is 0 Å². The van der Waals surface area contributed by atoms with Gasteiger partial charge in [0.25, 0.3) is 0 Å². The molecule has 2 nitrogen and oxygen atoms in total. The summed E-state index contributed by atoms with van der Waals surface area (Å²) >= 11 is 6.01. The lowest BCUT2D eigenvalue weighted by Gasteiger charge is -2.14. The summed E-state index contributed by atoms with van der Waals surface area (Å²) in [4.78, 5) is 0. The maximum absolute atomic E-state index is 10.5. The average Bonchev–Trinajstić information content (AvgIpc) is 2.47. The van der Waals surface area contributed by atoms with E-state index < -0.39 is 6.10 Å². The van der Waals surface area contributed by atoms with Crippen LogP contribution in [0.1, 0.15) is 36.6 Å². The van der Waals surface area contributed by atoms with Crippen LogP contribution in [0.25, 0.3) is 0 Å². The third-order valence-corrected chi connectivity index (χ3v) is 3.74. The highest BCUT2D eigenvalue weighted by Gasteiger charge is 2.13. The molecule has 0 saturated heterocycles. The highest BCUT2D eigenvalue weighted by Crippen LogP contribution is 2.30. The first-order chi connectivity index (χ1) is 10.0. The fraction of sp³-hybridized carbons (Fsp3) is 0.333. The maximum atomic E-state index is 10.5. The fourth-order valence-corrected chi connectivity index (χ4v) is 2.54. The van der Waals surface area contributed by atoms with Gasteiger partial charge >= 0.3 is 0 Å². The van der Waals surface area contributed by atoms with Gasteiger partial charge in [-0.2, -0.15) is 0 Å². The van der Waals surface area contributed by atoms with Crippen LogP contribution >= 0.6 is 11.6 Å². The molecule has 0 heterocycles. The quantitative estimate of drug-likeness (QED) is 0.872. The third-order valence-electron chi connectivity index (χ3n) is 3.43. The monoisotopic (exact) mass is 304 g/mol. The molecule has 112 valence electrons. The number of benzene rings is 2. The van der Waals surface area contributed by atoms with Crippen molar-refractivity contribution in [3.05, 3.63) is 64.2 Å².